The van der Waals surface area contributed by atoms with Crippen molar-refractivity contribution in [2.45, 2.75) is 19.8 Å². The summed E-state index contributed by atoms with van der Waals surface area (Å²) < 4.78 is 0. The van der Waals surface area contributed by atoms with Crippen molar-refractivity contribution < 1.29 is 9.59 Å². The van der Waals surface area contributed by atoms with Crippen LogP contribution in [0.25, 0.3) is 6.08 Å². The van der Waals surface area contributed by atoms with E-state index < -0.39 is 0 Å². The molecule has 1 saturated heterocycles. The molecule has 0 bridgehead atoms. The third kappa shape index (κ3) is 5.43. The normalized spacial score (nSPS) is 15.6. The molecule has 1 heterocycles. The van der Waals surface area contributed by atoms with Crippen LogP contribution in [0.5, 0.6) is 0 Å². The van der Waals surface area contributed by atoms with Crippen molar-refractivity contribution in [3.05, 3.63) is 89.6 Å². The Hall–Kier alpha value is -3.14. The van der Waals surface area contributed by atoms with E-state index in [2.05, 4.69) is 12.2 Å². The molecule has 1 aliphatic heterocycles. The van der Waals surface area contributed by atoms with E-state index in [1.54, 1.807) is 36.4 Å². The predicted octanol–water partition coefficient (Wildman–Crippen LogP) is 4.27. The minimum Gasteiger partial charge on any atom is -0.337 e. The van der Waals surface area contributed by atoms with Gasteiger partial charge in [0.2, 0.25) is 0 Å². The number of carbonyl (C=O) groups excluding carboxylic acids is 2. The molecule has 4 heteroatoms. The summed E-state index contributed by atoms with van der Waals surface area (Å²) in [5, 5.41) is 2.81. The second-order valence-electron chi connectivity index (χ2n) is 7.15. The molecule has 28 heavy (non-hydrogen) atoms. The Balaban J connectivity index is 1.78. The second kappa shape index (κ2) is 9.70. The molecule has 144 valence electrons. The molecule has 0 aromatic heterocycles. The summed E-state index contributed by atoms with van der Waals surface area (Å²) in [7, 11) is 0. The van der Waals surface area contributed by atoms with Crippen LogP contribution in [0.2, 0.25) is 0 Å². The number of hydrogen-bond acceptors (Lipinski definition) is 2. The molecule has 0 unspecified atom stereocenters. The van der Waals surface area contributed by atoms with Gasteiger partial charge in [-0.15, -0.1) is 0 Å². The van der Waals surface area contributed by atoms with Crippen molar-refractivity contribution in [1.29, 1.82) is 0 Å². The largest absolute Gasteiger partial charge is 0.337 e. The molecule has 1 aliphatic rings. The third-order valence-electron chi connectivity index (χ3n) is 4.94. The molecule has 2 amide bonds. The van der Waals surface area contributed by atoms with Gasteiger partial charge in [-0.1, -0.05) is 67.6 Å². The van der Waals surface area contributed by atoms with E-state index >= 15 is 0 Å². The summed E-state index contributed by atoms with van der Waals surface area (Å²) in [4.78, 5) is 27.4. The number of likely N-dealkylation sites (tertiary alicyclic amines) is 1. The van der Waals surface area contributed by atoms with Crippen LogP contribution in [-0.4, -0.2) is 29.8 Å². The van der Waals surface area contributed by atoms with Crippen LogP contribution in [0, 0.1) is 5.92 Å². The van der Waals surface area contributed by atoms with Crippen LogP contribution in [0.4, 0.5) is 0 Å². The summed E-state index contributed by atoms with van der Waals surface area (Å²) >= 11 is 0. The number of carbonyl (C=O) groups is 2. The smallest absolute Gasteiger partial charge is 0.270 e. The Labute approximate surface area is 166 Å². The van der Waals surface area contributed by atoms with Crippen LogP contribution in [0.1, 0.15) is 35.7 Å². The van der Waals surface area contributed by atoms with Crippen molar-refractivity contribution in [2.24, 2.45) is 5.92 Å². The van der Waals surface area contributed by atoms with Gasteiger partial charge in [0.05, 0.1) is 0 Å². The molecule has 1 N–H and O–H groups in total. The molecular weight excluding hydrogens is 348 g/mol. The summed E-state index contributed by atoms with van der Waals surface area (Å²) in [6.07, 6.45) is 7.39. The number of rotatable bonds is 5. The fourth-order valence-electron chi connectivity index (χ4n) is 3.15. The van der Waals surface area contributed by atoms with Crippen LogP contribution in [-0.2, 0) is 4.79 Å². The Morgan fingerprint density at radius 2 is 1.57 bits per heavy atom. The Kier molecular flexibility index (Phi) is 6.79. The van der Waals surface area contributed by atoms with E-state index in [9.17, 15) is 9.59 Å². The highest BCUT2D eigenvalue weighted by Crippen LogP contribution is 2.17. The monoisotopic (exact) mass is 374 g/mol. The van der Waals surface area contributed by atoms with E-state index in [-0.39, 0.29) is 11.8 Å². The maximum absolute atomic E-state index is 13.0. The first-order chi connectivity index (χ1) is 13.6. The lowest BCUT2D eigenvalue weighted by molar-refractivity contribution is -0.128. The summed E-state index contributed by atoms with van der Waals surface area (Å²) in [6, 6.07) is 18.8. The fourth-order valence-corrected chi connectivity index (χ4v) is 3.15. The lowest BCUT2D eigenvalue weighted by atomic mass is 9.99. The standard InChI is InChI=1S/C24H26N2O2/c1-19-15-17-26(18-16-19)24(28)22(14-8-11-20-9-4-2-5-10-20)25-23(27)21-12-6-3-7-13-21/h2-14,19H,15-18H2,1H3,(H,25,27). The molecule has 0 saturated carbocycles. The Bertz CT molecular complexity index is 849. The molecule has 0 spiro atoms. The zero-order valence-electron chi connectivity index (χ0n) is 16.2. The SMILES string of the molecule is CC1CCN(C(=O)C(=CC=Cc2ccccc2)NC(=O)c2ccccc2)CC1. The van der Waals surface area contributed by atoms with Gasteiger partial charge in [0.25, 0.3) is 11.8 Å². The van der Waals surface area contributed by atoms with Crippen molar-refractivity contribution in [1.82, 2.24) is 10.2 Å². The Morgan fingerprint density at radius 1 is 0.964 bits per heavy atom. The number of nitrogens with one attached hydrogen (secondary N) is 1. The van der Waals surface area contributed by atoms with Gasteiger partial charge in [0, 0.05) is 18.7 Å². The first-order valence-electron chi connectivity index (χ1n) is 9.72. The molecule has 1 fully saturated rings. The maximum atomic E-state index is 13.0. The topological polar surface area (TPSA) is 49.4 Å². The molecule has 0 atom stereocenters. The average Bonchev–Trinajstić information content (AvgIpc) is 2.74. The number of hydrogen-bond donors (Lipinski definition) is 1. The minimum atomic E-state index is -0.279. The van der Waals surface area contributed by atoms with Gasteiger partial charge < -0.3 is 10.2 Å². The van der Waals surface area contributed by atoms with Crippen molar-refractivity contribution >= 4 is 17.9 Å². The van der Waals surface area contributed by atoms with Crippen LogP contribution in [0.15, 0.2) is 78.5 Å². The van der Waals surface area contributed by atoms with Crippen molar-refractivity contribution in [3.8, 4) is 0 Å². The predicted molar refractivity (Wildman–Crippen MR) is 112 cm³/mol. The fraction of sp³-hybridized carbons (Fsp3) is 0.250. The highest BCUT2D eigenvalue weighted by molar-refractivity contribution is 6.03. The molecule has 2 aromatic carbocycles. The third-order valence-corrected chi connectivity index (χ3v) is 4.94. The van der Waals surface area contributed by atoms with Gasteiger partial charge in [-0.25, -0.2) is 0 Å². The number of nitrogens with zero attached hydrogens (tertiary/aromatic N) is 1. The van der Waals surface area contributed by atoms with Gasteiger partial charge in [0.15, 0.2) is 0 Å². The highest BCUT2D eigenvalue weighted by atomic mass is 16.2. The number of allylic oxidation sites excluding steroid dienone is 2. The zero-order chi connectivity index (χ0) is 19.8. The second-order valence-corrected chi connectivity index (χ2v) is 7.15. The molecule has 0 radical (unpaired) electrons. The maximum Gasteiger partial charge on any atom is 0.270 e. The highest BCUT2D eigenvalue weighted by Gasteiger charge is 2.24. The van der Waals surface area contributed by atoms with Crippen LogP contribution < -0.4 is 5.32 Å². The van der Waals surface area contributed by atoms with E-state index in [0.29, 0.717) is 17.2 Å². The quantitative estimate of drug-likeness (QED) is 0.628. The summed E-state index contributed by atoms with van der Waals surface area (Å²) in [6.45, 7) is 3.65. The van der Waals surface area contributed by atoms with Gasteiger partial charge in [0.1, 0.15) is 5.70 Å². The number of benzene rings is 2. The Morgan fingerprint density at radius 3 is 2.21 bits per heavy atom. The van der Waals surface area contributed by atoms with Gasteiger partial charge in [-0.2, -0.15) is 0 Å². The number of amides is 2. The molecule has 3 rings (SSSR count). The van der Waals surface area contributed by atoms with Gasteiger partial charge in [-0.3, -0.25) is 9.59 Å². The molecule has 4 nitrogen and oxygen atoms in total. The number of piperidine rings is 1. The lowest BCUT2D eigenvalue weighted by Crippen LogP contribution is -2.42. The molecule has 2 aromatic rings. The lowest BCUT2D eigenvalue weighted by Gasteiger charge is -2.31. The van der Waals surface area contributed by atoms with Crippen molar-refractivity contribution in [2.75, 3.05) is 13.1 Å². The van der Waals surface area contributed by atoms with Gasteiger partial charge in [-0.05, 0) is 42.5 Å². The first-order valence-corrected chi connectivity index (χ1v) is 9.72. The average molecular weight is 374 g/mol. The summed E-state index contributed by atoms with van der Waals surface area (Å²) in [5.41, 5.74) is 1.86. The van der Waals surface area contributed by atoms with Gasteiger partial charge >= 0.3 is 0 Å². The van der Waals surface area contributed by atoms with Crippen LogP contribution in [0.3, 0.4) is 0 Å². The van der Waals surface area contributed by atoms with E-state index in [1.165, 1.54) is 0 Å². The first kappa shape index (κ1) is 19.6. The zero-order valence-corrected chi connectivity index (χ0v) is 16.2. The van der Waals surface area contributed by atoms with E-state index in [4.69, 9.17) is 0 Å². The van der Waals surface area contributed by atoms with E-state index in [1.807, 2.05) is 47.4 Å². The van der Waals surface area contributed by atoms with E-state index in [0.717, 1.165) is 31.5 Å². The molecule has 0 aliphatic carbocycles. The molecular formula is C24H26N2O2. The van der Waals surface area contributed by atoms with Crippen molar-refractivity contribution in [3.63, 3.8) is 0 Å². The summed E-state index contributed by atoms with van der Waals surface area (Å²) in [5.74, 6) is 0.223. The van der Waals surface area contributed by atoms with Crippen LogP contribution >= 0.6 is 0 Å². The minimum absolute atomic E-state index is 0.131.